The highest BCUT2D eigenvalue weighted by molar-refractivity contribution is 6.22. The van der Waals surface area contributed by atoms with Crippen LogP contribution in [-0.4, -0.2) is 17.3 Å². The van der Waals surface area contributed by atoms with Crippen LogP contribution >= 0.6 is 23.2 Å². The summed E-state index contributed by atoms with van der Waals surface area (Å²) < 4.78 is 12.6. The summed E-state index contributed by atoms with van der Waals surface area (Å²) in [4.78, 5) is 0. The molecule has 0 spiro atoms. The minimum Gasteiger partial charge on any atom is -0.305 e. The summed E-state index contributed by atoms with van der Waals surface area (Å²) in [6, 6.07) is 6.36. The average molecular weight is 250 g/mol. The van der Waals surface area contributed by atoms with Gasteiger partial charge >= 0.3 is 0 Å². The number of rotatable bonds is 5. The van der Waals surface area contributed by atoms with E-state index in [0.29, 0.717) is 18.3 Å². The van der Waals surface area contributed by atoms with Gasteiger partial charge in [0, 0.05) is 23.8 Å². The SMILES string of the molecule is CC(CCl)(CCl)NCc1ccc(F)cc1. The quantitative estimate of drug-likeness (QED) is 0.791. The van der Waals surface area contributed by atoms with Crippen molar-refractivity contribution in [2.75, 3.05) is 11.8 Å². The van der Waals surface area contributed by atoms with E-state index in [4.69, 9.17) is 23.2 Å². The molecule has 1 N–H and O–H groups in total. The molecular formula is C11H14Cl2FN. The molecule has 0 atom stereocenters. The van der Waals surface area contributed by atoms with E-state index in [1.165, 1.54) is 12.1 Å². The first-order valence-corrected chi connectivity index (χ1v) is 5.78. The van der Waals surface area contributed by atoms with E-state index in [-0.39, 0.29) is 11.4 Å². The fraction of sp³-hybridized carbons (Fsp3) is 0.455. The van der Waals surface area contributed by atoms with Crippen molar-refractivity contribution in [3.63, 3.8) is 0 Å². The largest absolute Gasteiger partial charge is 0.305 e. The maximum atomic E-state index is 12.6. The fourth-order valence-corrected chi connectivity index (χ4v) is 1.52. The van der Waals surface area contributed by atoms with Gasteiger partial charge in [0.1, 0.15) is 5.82 Å². The Morgan fingerprint density at radius 1 is 1.20 bits per heavy atom. The van der Waals surface area contributed by atoms with Gasteiger partial charge in [-0.3, -0.25) is 0 Å². The number of benzene rings is 1. The van der Waals surface area contributed by atoms with Crippen LogP contribution in [-0.2, 0) is 6.54 Å². The van der Waals surface area contributed by atoms with Crippen molar-refractivity contribution in [3.8, 4) is 0 Å². The predicted octanol–water partition coefficient (Wildman–Crippen LogP) is 3.15. The smallest absolute Gasteiger partial charge is 0.123 e. The second-order valence-corrected chi connectivity index (χ2v) is 4.34. The van der Waals surface area contributed by atoms with Crippen molar-refractivity contribution >= 4 is 23.2 Å². The van der Waals surface area contributed by atoms with E-state index in [1.807, 2.05) is 6.92 Å². The molecule has 15 heavy (non-hydrogen) atoms. The standard InChI is InChI=1S/C11H14Cl2FN/c1-11(7-12,8-13)15-6-9-2-4-10(14)5-3-9/h2-5,15H,6-8H2,1H3. The van der Waals surface area contributed by atoms with E-state index in [0.717, 1.165) is 5.56 Å². The second kappa shape index (κ2) is 5.69. The van der Waals surface area contributed by atoms with Crippen LogP contribution < -0.4 is 5.32 Å². The summed E-state index contributed by atoms with van der Waals surface area (Å²) in [6.45, 7) is 2.59. The van der Waals surface area contributed by atoms with Gasteiger partial charge in [0.15, 0.2) is 0 Å². The third-order valence-electron chi connectivity index (χ3n) is 2.22. The van der Waals surface area contributed by atoms with Crippen molar-refractivity contribution in [1.29, 1.82) is 0 Å². The summed E-state index contributed by atoms with van der Waals surface area (Å²) in [5, 5.41) is 3.24. The van der Waals surface area contributed by atoms with Gasteiger partial charge in [0.05, 0.1) is 0 Å². The molecule has 0 saturated carbocycles. The molecule has 84 valence electrons. The Morgan fingerprint density at radius 2 is 1.73 bits per heavy atom. The molecule has 1 aromatic carbocycles. The summed E-state index contributed by atoms with van der Waals surface area (Å²) in [7, 11) is 0. The van der Waals surface area contributed by atoms with Crippen LogP contribution in [0.4, 0.5) is 4.39 Å². The van der Waals surface area contributed by atoms with Crippen LogP contribution in [0.25, 0.3) is 0 Å². The topological polar surface area (TPSA) is 12.0 Å². The zero-order valence-electron chi connectivity index (χ0n) is 8.56. The molecule has 1 aromatic rings. The Labute approximate surface area is 99.6 Å². The number of nitrogens with one attached hydrogen (secondary N) is 1. The molecule has 1 nitrogen and oxygen atoms in total. The van der Waals surface area contributed by atoms with E-state index in [2.05, 4.69) is 5.32 Å². The Morgan fingerprint density at radius 3 is 2.20 bits per heavy atom. The van der Waals surface area contributed by atoms with Crippen LogP contribution in [0, 0.1) is 5.82 Å². The Kier molecular flexibility index (Phi) is 4.84. The lowest BCUT2D eigenvalue weighted by Gasteiger charge is -2.26. The Balaban J connectivity index is 2.53. The molecule has 0 fully saturated rings. The molecule has 0 aliphatic rings. The number of alkyl halides is 2. The lowest BCUT2D eigenvalue weighted by molar-refractivity contribution is 0.434. The van der Waals surface area contributed by atoms with Gasteiger partial charge < -0.3 is 5.32 Å². The van der Waals surface area contributed by atoms with E-state index < -0.39 is 0 Å². The summed E-state index contributed by atoms with van der Waals surface area (Å²) in [6.07, 6.45) is 0. The highest BCUT2D eigenvalue weighted by Gasteiger charge is 2.20. The highest BCUT2D eigenvalue weighted by Crippen LogP contribution is 2.11. The minimum absolute atomic E-state index is 0.226. The predicted molar refractivity (Wildman–Crippen MR) is 63.1 cm³/mol. The van der Waals surface area contributed by atoms with Crippen LogP contribution in [0.1, 0.15) is 12.5 Å². The third kappa shape index (κ3) is 3.98. The normalized spacial score (nSPS) is 11.7. The molecular weight excluding hydrogens is 236 g/mol. The van der Waals surface area contributed by atoms with Crippen LogP contribution in [0.3, 0.4) is 0 Å². The lowest BCUT2D eigenvalue weighted by atomic mass is 10.1. The van der Waals surface area contributed by atoms with Crippen molar-refractivity contribution in [3.05, 3.63) is 35.6 Å². The summed E-state index contributed by atoms with van der Waals surface area (Å²) in [5.41, 5.74) is 0.732. The zero-order valence-corrected chi connectivity index (χ0v) is 10.1. The molecule has 0 amide bonds. The Bertz CT molecular complexity index is 296. The summed E-state index contributed by atoms with van der Waals surface area (Å²) >= 11 is 11.6. The van der Waals surface area contributed by atoms with Crippen molar-refractivity contribution in [2.45, 2.75) is 19.0 Å². The Hall–Kier alpha value is -0.310. The first-order chi connectivity index (χ1) is 7.09. The summed E-state index contributed by atoms with van der Waals surface area (Å²) in [5.74, 6) is 0.659. The van der Waals surface area contributed by atoms with Gasteiger partial charge in [-0.1, -0.05) is 12.1 Å². The molecule has 0 aliphatic heterocycles. The number of halogens is 3. The maximum Gasteiger partial charge on any atom is 0.123 e. The van der Waals surface area contributed by atoms with Gasteiger partial charge in [-0.2, -0.15) is 0 Å². The van der Waals surface area contributed by atoms with Crippen molar-refractivity contribution < 1.29 is 4.39 Å². The third-order valence-corrected chi connectivity index (χ3v) is 3.40. The van der Waals surface area contributed by atoms with Gasteiger partial charge in [-0.25, -0.2) is 4.39 Å². The molecule has 0 aliphatic carbocycles. The van der Waals surface area contributed by atoms with Gasteiger partial charge in [-0.05, 0) is 24.6 Å². The molecule has 0 aromatic heterocycles. The first-order valence-electron chi connectivity index (χ1n) is 4.71. The van der Waals surface area contributed by atoms with Crippen molar-refractivity contribution in [2.24, 2.45) is 0 Å². The molecule has 0 unspecified atom stereocenters. The van der Waals surface area contributed by atoms with Gasteiger partial charge in [0.25, 0.3) is 0 Å². The van der Waals surface area contributed by atoms with Crippen molar-refractivity contribution in [1.82, 2.24) is 5.32 Å². The molecule has 0 radical (unpaired) electrons. The molecule has 0 bridgehead atoms. The molecule has 1 rings (SSSR count). The molecule has 0 heterocycles. The maximum absolute atomic E-state index is 12.6. The van der Waals surface area contributed by atoms with Crippen LogP contribution in [0.15, 0.2) is 24.3 Å². The van der Waals surface area contributed by atoms with Gasteiger partial charge in [-0.15, -0.1) is 23.2 Å². The second-order valence-electron chi connectivity index (χ2n) is 3.81. The van der Waals surface area contributed by atoms with Crippen LogP contribution in [0.5, 0.6) is 0 Å². The fourth-order valence-electron chi connectivity index (χ4n) is 1.05. The number of hydrogen-bond donors (Lipinski definition) is 1. The first kappa shape index (κ1) is 12.8. The van der Waals surface area contributed by atoms with E-state index >= 15 is 0 Å². The van der Waals surface area contributed by atoms with E-state index in [1.54, 1.807) is 12.1 Å². The monoisotopic (exact) mass is 249 g/mol. The van der Waals surface area contributed by atoms with Gasteiger partial charge in [0.2, 0.25) is 0 Å². The number of hydrogen-bond acceptors (Lipinski definition) is 1. The van der Waals surface area contributed by atoms with Crippen LogP contribution in [0.2, 0.25) is 0 Å². The molecule has 4 heteroatoms. The van der Waals surface area contributed by atoms with E-state index in [9.17, 15) is 4.39 Å². The lowest BCUT2D eigenvalue weighted by Crippen LogP contribution is -2.45. The minimum atomic E-state index is -0.280. The average Bonchev–Trinajstić information content (AvgIpc) is 2.28. The highest BCUT2D eigenvalue weighted by atomic mass is 35.5. The molecule has 0 saturated heterocycles. The zero-order chi connectivity index (χ0) is 11.3.